The van der Waals surface area contributed by atoms with Crippen molar-refractivity contribution in [3.05, 3.63) is 75.6 Å². The number of pyridine rings is 1. The quantitative estimate of drug-likeness (QED) is 0.698. The summed E-state index contributed by atoms with van der Waals surface area (Å²) in [5.41, 5.74) is 6.39. The summed E-state index contributed by atoms with van der Waals surface area (Å²) >= 11 is 3.59. The Kier molecular flexibility index (Phi) is 4.07. The van der Waals surface area contributed by atoms with Crippen LogP contribution < -0.4 is 0 Å². The van der Waals surface area contributed by atoms with E-state index in [-0.39, 0.29) is 5.78 Å². The Balaban J connectivity index is 1.90. The average molecular weight is 381 g/mol. The molecule has 120 valence electrons. The van der Waals surface area contributed by atoms with Crippen molar-refractivity contribution in [1.29, 1.82) is 0 Å². The van der Waals surface area contributed by atoms with Gasteiger partial charge in [0.25, 0.3) is 0 Å². The third-order valence-electron chi connectivity index (χ3n) is 4.56. The summed E-state index contributed by atoms with van der Waals surface area (Å²) in [6.45, 7) is 0. The van der Waals surface area contributed by atoms with E-state index in [1.54, 1.807) is 12.4 Å². The summed E-state index contributed by atoms with van der Waals surface area (Å²) < 4.78 is 0.936. The summed E-state index contributed by atoms with van der Waals surface area (Å²) in [7, 11) is 0. The molecule has 0 fully saturated rings. The molecule has 3 nitrogen and oxygen atoms in total. The van der Waals surface area contributed by atoms with Crippen molar-refractivity contribution in [1.82, 2.24) is 9.97 Å². The van der Waals surface area contributed by atoms with Crippen LogP contribution in [-0.4, -0.2) is 15.8 Å². The normalized spacial score (nSPS) is 13.8. The van der Waals surface area contributed by atoms with Gasteiger partial charge in [-0.25, -0.2) is 0 Å². The van der Waals surface area contributed by atoms with Crippen LogP contribution in [0.2, 0.25) is 0 Å². The van der Waals surface area contributed by atoms with E-state index < -0.39 is 0 Å². The molecule has 0 bridgehead atoms. The molecule has 24 heavy (non-hydrogen) atoms. The topological polar surface area (TPSA) is 45.8 Å². The first-order valence-electron chi connectivity index (χ1n) is 8.15. The number of Topliss-reactive ketones (excluding diaryl/α,β-unsaturated/α-hetero) is 1. The molecule has 0 unspecified atom stereocenters. The lowest BCUT2D eigenvalue weighted by atomic mass is 9.90. The smallest absolute Gasteiger partial charge is 0.165 e. The summed E-state index contributed by atoms with van der Waals surface area (Å²) in [6.07, 6.45) is 6.84. The third kappa shape index (κ3) is 2.71. The number of fused-ring (bicyclic) bond motifs is 1. The Bertz CT molecular complexity index is 899. The van der Waals surface area contributed by atoms with Crippen LogP contribution in [-0.2, 0) is 12.8 Å². The van der Waals surface area contributed by atoms with Gasteiger partial charge in [-0.2, -0.15) is 0 Å². The third-order valence-corrected chi connectivity index (χ3v) is 5.19. The van der Waals surface area contributed by atoms with Crippen molar-refractivity contribution in [2.45, 2.75) is 25.7 Å². The molecule has 0 spiro atoms. The van der Waals surface area contributed by atoms with Gasteiger partial charge in [-0.3, -0.25) is 9.78 Å². The Hall–Kier alpha value is -2.20. The van der Waals surface area contributed by atoms with Crippen LogP contribution in [0.5, 0.6) is 0 Å². The van der Waals surface area contributed by atoms with Crippen LogP contribution in [0.1, 0.15) is 40.0 Å². The summed E-state index contributed by atoms with van der Waals surface area (Å²) in [6, 6.07) is 12.3. The van der Waals surface area contributed by atoms with E-state index in [1.807, 2.05) is 24.3 Å². The van der Waals surface area contributed by atoms with E-state index in [2.05, 4.69) is 38.0 Å². The number of aryl methyl sites for hydroxylation is 1. The highest BCUT2D eigenvalue weighted by atomic mass is 79.9. The van der Waals surface area contributed by atoms with Crippen molar-refractivity contribution in [2.75, 3.05) is 0 Å². The van der Waals surface area contributed by atoms with Gasteiger partial charge in [-0.1, -0.05) is 30.3 Å². The number of carbonyl (C=O) groups is 1. The number of aromatic amines is 1. The molecule has 2 aromatic heterocycles. The number of benzene rings is 1. The van der Waals surface area contributed by atoms with E-state index in [4.69, 9.17) is 0 Å². The molecule has 1 aliphatic carbocycles. The zero-order valence-corrected chi connectivity index (χ0v) is 14.8. The molecule has 1 aliphatic rings. The lowest BCUT2D eigenvalue weighted by Gasteiger charge is -2.12. The Morgan fingerprint density at radius 2 is 1.96 bits per heavy atom. The molecule has 4 heteroatoms. The van der Waals surface area contributed by atoms with E-state index in [9.17, 15) is 4.79 Å². The van der Waals surface area contributed by atoms with Gasteiger partial charge in [-0.05, 0) is 46.0 Å². The molecule has 3 aromatic rings. The molecule has 0 atom stereocenters. The van der Waals surface area contributed by atoms with Crippen LogP contribution in [0.4, 0.5) is 0 Å². The monoisotopic (exact) mass is 380 g/mol. The Labute approximate surface area is 149 Å². The molecule has 0 amide bonds. The fraction of sp³-hybridized carbons (Fsp3) is 0.200. The number of rotatable bonds is 3. The number of aromatic nitrogens is 2. The molecule has 0 saturated heterocycles. The SMILES string of the molecule is O=C1CCCc2[nH]c(-c3ccncc3Br)c(Cc3ccccc3)c21. The van der Waals surface area contributed by atoms with Gasteiger partial charge >= 0.3 is 0 Å². The van der Waals surface area contributed by atoms with Crippen LogP contribution in [0.15, 0.2) is 53.3 Å². The first-order chi connectivity index (χ1) is 11.7. The number of carbonyl (C=O) groups excluding carboxylic acids is 1. The maximum atomic E-state index is 12.6. The van der Waals surface area contributed by atoms with Gasteiger partial charge in [0.05, 0.1) is 5.69 Å². The lowest BCUT2D eigenvalue weighted by molar-refractivity contribution is 0.0971. The molecule has 0 saturated carbocycles. The van der Waals surface area contributed by atoms with Gasteiger partial charge in [0.1, 0.15) is 0 Å². The van der Waals surface area contributed by atoms with Gasteiger partial charge in [-0.15, -0.1) is 0 Å². The molecule has 1 aromatic carbocycles. The minimum Gasteiger partial charge on any atom is -0.358 e. The second-order valence-electron chi connectivity index (χ2n) is 6.13. The van der Waals surface area contributed by atoms with Gasteiger partial charge in [0, 0.05) is 46.5 Å². The minimum absolute atomic E-state index is 0.259. The minimum atomic E-state index is 0.259. The van der Waals surface area contributed by atoms with Crippen LogP contribution in [0.25, 0.3) is 11.3 Å². The number of hydrogen-bond acceptors (Lipinski definition) is 2. The van der Waals surface area contributed by atoms with Crippen LogP contribution in [0.3, 0.4) is 0 Å². The first kappa shape index (κ1) is 15.3. The zero-order valence-electron chi connectivity index (χ0n) is 13.2. The lowest BCUT2D eigenvalue weighted by Crippen LogP contribution is -2.11. The van der Waals surface area contributed by atoms with E-state index in [1.165, 1.54) is 5.56 Å². The second-order valence-corrected chi connectivity index (χ2v) is 6.98. The van der Waals surface area contributed by atoms with Crippen LogP contribution >= 0.6 is 15.9 Å². The number of H-pyrrole nitrogens is 1. The fourth-order valence-electron chi connectivity index (χ4n) is 3.46. The molecule has 2 heterocycles. The number of nitrogens with zero attached hydrogens (tertiary/aromatic N) is 1. The highest BCUT2D eigenvalue weighted by Crippen LogP contribution is 2.36. The van der Waals surface area contributed by atoms with Crippen molar-refractivity contribution in [2.24, 2.45) is 0 Å². The average Bonchev–Trinajstić information content (AvgIpc) is 2.96. The van der Waals surface area contributed by atoms with Gasteiger partial charge in [0.2, 0.25) is 0 Å². The van der Waals surface area contributed by atoms with Crippen molar-refractivity contribution in [3.63, 3.8) is 0 Å². The number of hydrogen-bond donors (Lipinski definition) is 1. The Morgan fingerprint density at radius 3 is 2.75 bits per heavy atom. The maximum absolute atomic E-state index is 12.6. The maximum Gasteiger partial charge on any atom is 0.165 e. The molecule has 0 aliphatic heterocycles. The predicted octanol–water partition coefficient (Wildman–Crippen LogP) is 4.95. The van der Waals surface area contributed by atoms with E-state index >= 15 is 0 Å². The number of nitrogens with one attached hydrogen (secondary N) is 1. The second kappa shape index (κ2) is 6.36. The Morgan fingerprint density at radius 1 is 1.12 bits per heavy atom. The first-order valence-corrected chi connectivity index (χ1v) is 8.94. The summed E-state index contributed by atoms with van der Waals surface area (Å²) in [4.78, 5) is 20.3. The van der Waals surface area contributed by atoms with Crippen molar-refractivity contribution < 1.29 is 4.79 Å². The molecular formula is C20H17BrN2O. The predicted molar refractivity (Wildman–Crippen MR) is 98.2 cm³/mol. The van der Waals surface area contributed by atoms with Crippen molar-refractivity contribution >= 4 is 21.7 Å². The number of ketones is 1. The van der Waals surface area contributed by atoms with E-state index in [0.29, 0.717) is 6.42 Å². The fourth-order valence-corrected chi connectivity index (χ4v) is 3.90. The zero-order chi connectivity index (χ0) is 16.5. The largest absolute Gasteiger partial charge is 0.358 e. The molecule has 0 radical (unpaired) electrons. The molecule has 4 rings (SSSR count). The molecule has 1 N–H and O–H groups in total. The standard InChI is InChI=1S/C20H17BrN2O/c21-16-12-22-10-9-14(16)20-15(11-13-5-2-1-3-6-13)19-17(23-20)7-4-8-18(19)24/h1-3,5-6,9-10,12,23H,4,7-8,11H2. The summed E-state index contributed by atoms with van der Waals surface area (Å²) in [5.74, 6) is 0.259. The highest BCUT2D eigenvalue weighted by molar-refractivity contribution is 9.10. The summed E-state index contributed by atoms with van der Waals surface area (Å²) in [5, 5.41) is 0. The highest BCUT2D eigenvalue weighted by Gasteiger charge is 2.27. The van der Waals surface area contributed by atoms with Crippen LogP contribution in [0, 0.1) is 0 Å². The number of halogens is 1. The van der Waals surface area contributed by atoms with E-state index in [0.717, 1.165) is 51.8 Å². The van der Waals surface area contributed by atoms with Gasteiger partial charge < -0.3 is 4.98 Å². The van der Waals surface area contributed by atoms with Gasteiger partial charge in [0.15, 0.2) is 5.78 Å². The van der Waals surface area contributed by atoms with Crippen molar-refractivity contribution in [3.8, 4) is 11.3 Å². The molecular weight excluding hydrogens is 364 g/mol.